The van der Waals surface area contributed by atoms with Crippen molar-refractivity contribution in [1.82, 2.24) is 14.5 Å². The third-order valence-corrected chi connectivity index (χ3v) is 4.86. The molecule has 0 radical (unpaired) electrons. The van der Waals surface area contributed by atoms with E-state index in [9.17, 15) is 4.79 Å². The summed E-state index contributed by atoms with van der Waals surface area (Å²) in [4.78, 5) is 21.5. The Balaban J connectivity index is 1.46. The number of aromatic nitrogens is 2. The van der Waals surface area contributed by atoms with Crippen LogP contribution in [0.4, 0.5) is 10.5 Å². The molecule has 1 unspecified atom stereocenters. The minimum Gasteiger partial charge on any atom is -0.365 e. The van der Waals surface area contributed by atoms with Crippen LogP contribution in [-0.2, 0) is 0 Å². The van der Waals surface area contributed by atoms with Crippen molar-refractivity contribution < 1.29 is 4.79 Å². The number of para-hydroxylation sites is 1. The van der Waals surface area contributed by atoms with Crippen molar-refractivity contribution in [3.05, 3.63) is 73.2 Å². The standard InChI is InChI=1S/C21H22N4O/c1-17-14-23(12-13-25(17)19-10-6-3-7-11-19)21(26)24-15-20(22-16-24)18-8-4-2-5-9-18/h2-11,15-17H,12-14H2,1H3. The maximum absolute atomic E-state index is 12.9. The first-order valence-electron chi connectivity index (χ1n) is 8.93. The minimum atomic E-state index is -0.0146. The predicted molar refractivity (Wildman–Crippen MR) is 103 cm³/mol. The van der Waals surface area contributed by atoms with Crippen LogP contribution in [0.5, 0.6) is 0 Å². The van der Waals surface area contributed by atoms with Crippen LogP contribution in [0.2, 0.25) is 0 Å². The van der Waals surface area contributed by atoms with Crippen LogP contribution in [0.25, 0.3) is 11.3 Å². The summed E-state index contributed by atoms with van der Waals surface area (Å²) in [6.07, 6.45) is 3.42. The van der Waals surface area contributed by atoms with E-state index >= 15 is 0 Å². The van der Waals surface area contributed by atoms with E-state index in [0.717, 1.165) is 17.8 Å². The van der Waals surface area contributed by atoms with Gasteiger partial charge >= 0.3 is 6.03 Å². The third-order valence-electron chi connectivity index (χ3n) is 4.86. The maximum Gasteiger partial charge on any atom is 0.329 e. The summed E-state index contributed by atoms with van der Waals surface area (Å²) in [5, 5.41) is 0. The molecule has 1 atom stereocenters. The molecule has 0 saturated carbocycles. The van der Waals surface area contributed by atoms with Crippen molar-refractivity contribution in [3.8, 4) is 11.3 Å². The minimum absolute atomic E-state index is 0.0146. The van der Waals surface area contributed by atoms with Gasteiger partial charge in [-0.25, -0.2) is 9.78 Å². The number of amides is 1. The fourth-order valence-electron chi connectivity index (χ4n) is 3.48. The van der Waals surface area contributed by atoms with E-state index in [1.807, 2.05) is 47.5 Å². The summed E-state index contributed by atoms with van der Waals surface area (Å²) in [6.45, 7) is 4.40. The van der Waals surface area contributed by atoms with Crippen LogP contribution in [-0.4, -0.2) is 46.2 Å². The first-order chi connectivity index (χ1) is 12.7. The number of carbonyl (C=O) groups excluding carboxylic acids is 1. The highest BCUT2D eigenvalue weighted by Gasteiger charge is 2.27. The molecule has 4 rings (SSSR count). The van der Waals surface area contributed by atoms with Gasteiger partial charge in [-0.05, 0) is 19.1 Å². The van der Waals surface area contributed by atoms with Crippen molar-refractivity contribution in [3.63, 3.8) is 0 Å². The largest absolute Gasteiger partial charge is 0.365 e. The summed E-state index contributed by atoms with van der Waals surface area (Å²) in [7, 11) is 0. The smallest absolute Gasteiger partial charge is 0.329 e. The zero-order valence-corrected chi connectivity index (χ0v) is 14.8. The van der Waals surface area contributed by atoms with Crippen LogP contribution in [0.1, 0.15) is 6.92 Å². The van der Waals surface area contributed by atoms with Gasteiger partial charge in [0.25, 0.3) is 0 Å². The monoisotopic (exact) mass is 346 g/mol. The molecule has 3 aromatic rings. The van der Waals surface area contributed by atoms with Gasteiger partial charge in [-0.15, -0.1) is 0 Å². The quantitative estimate of drug-likeness (QED) is 0.710. The van der Waals surface area contributed by atoms with Gasteiger partial charge in [-0.1, -0.05) is 48.5 Å². The number of rotatable bonds is 2. The highest BCUT2D eigenvalue weighted by Crippen LogP contribution is 2.21. The van der Waals surface area contributed by atoms with Gasteiger partial charge in [-0.2, -0.15) is 0 Å². The molecule has 1 amide bonds. The van der Waals surface area contributed by atoms with Gasteiger partial charge in [0.1, 0.15) is 6.33 Å². The Kier molecular flexibility index (Phi) is 4.44. The highest BCUT2D eigenvalue weighted by molar-refractivity contribution is 5.78. The lowest BCUT2D eigenvalue weighted by atomic mass is 10.1. The van der Waals surface area contributed by atoms with E-state index in [4.69, 9.17) is 0 Å². The molecule has 0 N–H and O–H groups in total. The van der Waals surface area contributed by atoms with Crippen LogP contribution in [0, 0.1) is 0 Å². The second kappa shape index (κ2) is 7.04. The molecule has 26 heavy (non-hydrogen) atoms. The number of nitrogens with zero attached hydrogens (tertiary/aromatic N) is 4. The van der Waals surface area contributed by atoms with Gasteiger partial charge in [0, 0.05) is 43.1 Å². The molecular weight excluding hydrogens is 324 g/mol. The van der Waals surface area contributed by atoms with E-state index < -0.39 is 0 Å². The lowest BCUT2D eigenvalue weighted by molar-refractivity contribution is 0.188. The van der Waals surface area contributed by atoms with E-state index in [0.29, 0.717) is 13.1 Å². The molecule has 1 fully saturated rings. The zero-order chi connectivity index (χ0) is 17.9. The molecule has 5 nitrogen and oxygen atoms in total. The van der Waals surface area contributed by atoms with Gasteiger partial charge in [0.05, 0.1) is 5.69 Å². The molecule has 5 heteroatoms. The molecule has 0 aliphatic carbocycles. The van der Waals surface area contributed by atoms with E-state index in [1.54, 1.807) is 10.9 Å². The van der Waals surface area contributed by atoms with Crippen LogP contribution < -0.4 is 4.90 Å². The Morgan fingerprint density at radius 1 is 1.00 bits per heavy atom. The Morgan fingerprint density at radius 3 is 2.38 bits per heavy atom. The second-order valence-corrected chi connectivity index (χ2v) is 6.64. The predicted octanol–water partition coefficient (Wildman–Crippen LogP) is 3.73. The van der Waals surface area contributed by atoms with Gasteiger partial charge in [0.2, 0.25) is 0 Å². The second-order valence-electron chi connectivity index (χ2n) is 6.64. The fraction of sp³-hybridized carbons (Fsp3) is 0.238. The van der Waals surface area contributed by atoms with Gasteiger partial charge < -0.3 is 9.80 Å². The van der Waals surface area contributed by atoms with Gasteiger partial charge in [-0.3, -0.25) is 4.57 Å². The maximum atomic E-state index is 12.9. The third kappa shape index (κ3) is 3.20. The molecule has 1 saturated heterocycles. The van der Waals surface area contributed by atoms with E-state index in [-0.39, 0.29) is 12.1 Å². The SMILES string of the molecule is CC1CN(C(=O)n2cnc(-c3ccccc3)c2)CCN1c1ccccc1. The zero-order valence-electron chi connectivity index (χ0n) is 14.8. The van der Waals surface area contributed by atoms with Crippen LogP contribution >= 0.6 is 0 Å². The van der Waals surface area contributed by atoms with Crippen molar-refractivity contribution in [2.45, 2.75) is 13.0 Å². The van der Waals surface area contributed by atoms with E-state index in [2.05, 4.69) is 41.1 Å². The Morgan fingerprint density at radius 2 is 1.69 bits per heavy atom. The summed E-state index contributed by atoms with van der Waals surface area (Å²) >= 11 is 0. The number of imidazole rings is 1. The highest BCUT2D eigenvalue weighted by atomic mass is 16.2. The van der Waals surface area contributed by atoms with Gasteiger partial charge in [0.15, 0.2) is 0 Å². The normalized spacial score (nSPS) is 17.3. The fourth-order valence-corrected chi connectivity index (χ4v) is 3.48. The summed E-state index contributed by atoms with van der Waals surface area (Å²) < 4.78 is 1.59. The molecule has 2 heterocycles. The number of piperazine rings is 1. The summed E-state index contributed by atoms with van der Waals surface area (Å²) in [5.41, 5.74) is 3.04. The Hall–Kier alpha value is -3.08. The molecule has 0 spiro atoms. The molecule has 1 aromatic heterocycles. The lowest BCUT2D eigenvalue weighted by Crippen LogP contribution is -2.54. The number of hydrogen-bond donors (Lipinski definition) is 0. The first-order valence-corrected chi connectivity index (χ1v) is 8.93. The molecule has 132 valence electrons. The lowest BCUT2D eigenvalue weighted by Gasteiger charge is -2.41. The Labute approximate surface area is 153 Å². The van der Waals surface area contributed by atoms with Crippen molar-refractivity contribution in [2.24, 2.45) is 0 Å². The average molecular weight is 346 g/mol. The number of hydrogen-bond acceptors (Lipinski definition) is 3. The van der Waals surface area contributed by atoms with Crippen LogP contribution in [0.3, 0.4) is 0 Å². The van der Waals surface area contributed by atoms with Crippen LogP contribution in [0.15, 0.2) is 73.2 Å². The van der Waals surface area contributed by atoms with Crippen molar-refractivity contribution in [2.75, 3.05) is 24.5 Å². The molecule has 1 aliphatic rings. The molecular formula is C21H22N4O. The Bertz CT molecular complexity index is 875. The average Bonchev–Trinajstić information content (AvgIpc) is 3.19. The topological polar surface area (TPSA) is 41.4 Å². The first kappa shape index (κ1) is 16.4. The number of carbonyl (C=O) groups is 1. The molecule has 0 bridgehead atoms. The molecule has 2 aromatic carbocycles. The summed E-state index contributed by atoms with van der Waals surface area (Å²) in [6, 6.07) is 20.5. The van der Waals surface area contributed by atoms with E-state index in [1.165, 1.54) is 5.69 Å². The summed E-state index contributed by atoms with van der Waals surface area (Å²) in [5.74, 6) is 0. The molecule has 1 aliphatic heterocycles. The van der Waals surface area contributed by atoms with Crippen molar-refractivity contribution in [1.29, 1.82) is 0 Å². The van der Waals surface area contributed by atoms with Crippen molar-refractivity contribution >= 4 is 11.7 Å². The number of benzene rings is 2. The number of anilines is 1.